The van der Waals surface area contributed by atoms with E-state index in [1.54, 1.807) is 26.4 Å². The maximum absolute atomic E-state index is 12.3. The number of aromatic amines is 1. The number of non-ortho nitro benzene ring substituents is 1. The van der Waals surface area contributed by atoms with Gasteiger partial charge in [-0.25, -0.2) is 0 Å². The lowest BCUT2D eigenvalue weighted by Crippen LogP contribution is -2.27. The van der Waals surface area contributed by atoms with Gasteiger partial charge >= 0.3 is 0 Å². The monoisotopic (exact) mass is 289 g/mol. The minimum Gasteiger partial charge on any atom is -0.387 e. The third kappa shape index (κ3) is 3.16. The maximum atomic E-state index is 12.3. The Hall–Kier alpha value is -2.90. The molecule has 1 atom stereocenters. The number of nitro benzene ring substituents is 1. The van der Waals surface area contributed by atoms with Crippen LogP contribution < -0.4 is 10.6 Å². The fourth-order valence-electron chi connectivity index (χ4n) is 1.91. The van der Waals surface area contributed by atoms with Gasteiger partial charge in [0.05, 0.1) is 22.7 Å². The largest absolute Gasteiger partial charge is 0.387 e. The van der Waals surface area contributed by atoms with Crippen LogP contribution >= 0.6 is 0 Å². The number of hydrogen-bond donors (Lipinski definition) is 3. The Morgan fingerprint density at radius 3 is 2.81 bits per heavy atom. The maximum Gasteiger partial charge on any atom is 0.270 e. The predicted octanol–water partition coefficient (Wildman–Crippen LogP) is 1.85. The molecule has 110 valence electrons. The number of nitro groups is 1. The summed E-state index contributed by atoms with van der Waals surface area (Å²) in [6, 6.07) is 3.85. The van der Waals surface area contributed by atoms with E-state index in [0.29, 0.717) is 5.69 Å². The molecule has 8 heteroatoms. The fraction of sp³-hybridized carbons (Fsp3) is 0.231. The van der Waals surface area contributed by atoms with Crippen molar-refractivity contribution in [3.05, 3.63) is 51.8 Å². The van der Waals surface area contributed by atoms with Crippen molar-refractivity contribution in [2.24, 2.45) is 0 Å². The molecule has 1 aromatic heterocycles. The van der Waals surface area contributed by atoms with Gasteiger partial charge < -0.3 is 10.6 Å². The number of benzene rings is 1. The summed E-state index contributed by atoms with van der Waals surface area (Å²) < 4.78 is 0. The lowest BCUT2D eigenvalue weighted by Gasteiger charge is -2.14. The van der Waals surface area contributed by atoms with Crippen molar-refractivity contribution in [2.45, 2.75) is 13.0 Å². The zero-order chi connectivity index (χ0) is 15.4. The number of carbonyl (C=O) groups is 1. The normalized spacial score (nSPS) is 11.7. The van der Waals surface area contributed by atoms with Crippen molar-refractivity contribution in [2.75, 3.05) is 12.4 Å². The van der Waals surface area contributed by atoms with Crippen molar-refractivity contribution in [1.82, 2.24) is 15.5 Å². The van der Waals surface area contributed by atoms with Gasteiger partial charge in [0.15, 0.2) is 0 Å². The second-order valence-electron chi connectivity index (χ2n) is 4.46. The summed E-state index contributed by atoms with van der Waals surface area (Å²) in [5.74, 6) is -0.392. The molecule has 8 nitrogen and oxygen atoms in total. The highest BCUT2D eigenvalue weighted by Gasteiger charge is 2.18. The van der Waals surface area contributed by atoms with Crippen LogP contribution in [0.25, 0.3) is 0 Å². The molecule has 1 amide bonds. The van der Waals surface area contributed by atoms with Crippen LogP contribution in [0.4, 0.5) is 11.4 Å². The summed E-state index contributed by atoms with van der Waals surface area (Å²) in [6.45, 7) is 1.80. The first-order valence-corrected chi connectivity index (χ1v) is 6.28. The van der Waals surface area contributed by atoms with Gasteiger partial charge in [0.1, 0.15) is 0 Å². The van der Waals surface area contributed by atoms with Gasteiger partial charge in [0.25, 0.3) is 11.6 Å². The molecule has 0 aliphatic carbocycles. The van der Waals surface area contributed by atoms with E-state index in [0.717, 1.165) is 5.56 Å². The van der Waals surface area contributed by atoms with Gasteiger partial charge in [-0.15, -0.1) is 0 Å². The summed E-state index contributed by atoms with van der Waals surface area (Å²) in [7, 11) is 1.65. The van der Waals surface area contributed by atoms with Gasteiger partial charge in [0.2, 0.25) is 0 Å². The predicted molar refractivity (Wildman–Crippen MR) is 77.1 cm³/mol. The molecule has 0 radical (unpaired) electrons. The van der Waals surface area contributed by atoms with Crippen molar-refractivity contribution in [1.29, 1.82) is 0 Å². The number of aromatic nitrogens is 2. The highest BCUT2D eigenvalue weighted by atomic mass is 16.6. The van der Waals surface area contributed by atoms with Crippen molar-refractivity contribution in [3.63, 3.8) is 0 Å². The van der Waals surface area contributed by atoms with Crippen LogP contribution in [0.1, 0.15) is 28.9 Å². The van der Waals surface area contributed by atoms with Gasteiger partial charge in [0, 0.05) is 36.6 Å². The van der Waals surface area contributed by atoms with Crippen LogP contribution in [0.3, 0.4) is 0 Å². The van der Waals surface area contributed by atoms with Gasteiger partial charge in [-0.2, -0.15) is 5.10 Å². The van der Waals surface area contributed by atoms with Crippen LogP contribution in [-0.2, 0) is 0 Å². The molecule has 1 unspecified atom stereocenters. The lowest BCUT2D eigenvalue weighted by molar-refractivity contribution is -0.384. The number of carbonyl (C=O) groups excluding carboxylic acids is 1. The quantitative estimate of drug-likeness (QED) is 0.574. The number of amides is 1. The Balaban J connectivity index is 2.25. The molecular weight excluding hydrogens is 274 g/mol. The second-order valence-corrected chi connectivity index (χ2v) is 4.46. The molecule has 3 N–H and O–H groups in total. The van der Waals surface area contributed by atoms with Crippen LogP contribution in [-0.4, -0.2) is 28.1 Å². The molecule has 0 saturated heterocycles. The molecule has 0 bridgehead atoms. The molecular formula is C13H15N5O3. The average molecular weight is 289 g/mol. The third-order valence-electron chi connectivity index (χ3n) is 3.09. The van der Waals surface area contributed by atoms with Gasteiger partial charge in [-0.05, 0) is 13.0 Å². The SMILES string of the molecule is CNc1ccc([N+](=O)[O-])cc1C(=O)NC(C)c1cn[nH]c1. The standard InChI is InChI=1S/C13H15N5O3/c1-8(9-6-15-16-7-9)17-13(19)11-5-10(18(20)21)3-4-12(11)14-2/h3-8,14H,1-2H3,(H,15,16)(H,17,19). The third-order valence-corrected chi connectivity index (χ3v) is 3.09. The van der Waals surface area contributed by atoms with Gasteiger partial charge in [-0.1, -0.05) is 0 Å². The number of hydrogen-bond acceptors (Lipinski definition) is 5. The van der Waals surface area contributed by atoms with E-state index < -0.39 is 10.8 Å². The summed E-state index contributed by atoms with van der Waals surface area (Å²) in [5.41, 5.74) is 1.44. The highest BCUT2D eigenvalue weighted by Crippen LogP contribution is 2.22. The Labute approximate surface area is 120 Å². The zero-order valence-electron chi connectivity index (χ0n) is 11.6. The number of H-pyrrole nitrogens is 1. The van der Waals surface area contributed by atoms with E-state index in [1.165, 1.54) is 18.2 Å². The molecule has 21 heavy (non-hydrogen) atoms. The summed E-state index contributed by atoms with van der Waals surface area (Å²) in [6.07, 6.45) is 3.29. The number of nitrogens with zero attached hydrogens (tertiary/aromatic N) is 2. The van der Waals surface area contributed by atoms with Crippen LogP contribution in [0.5, 0.6) is 0 Å². The molecule has 2 rings (SSSR count). The minimum atomic E-state index is -0.532. The molecule has 0 aliphatic rings. The van der Waals surface area contributed by atoms with E-state index in [2.05, 4.69) is 20.8 Å². The van der Waals surface area contributed by atoms with Crippen LogP contribution in [0.2, 0.25) is 0 Å². The summed E-state index contributed by atoms with van der Waals surface area (Å²) in [4.78, 5) is 22.6. The summed E-state index contributed by atoms with van der Waals surface area (Å²) in [5, 5.41) is 22.9. The Morgan fingerprint density at radius 2 is 2.24 bits per heavy atom. The molecule has 0 fully saturated rings. The Bertz CT molecular complexity index is 654. The first-order chi connectivity index (χ1) is 10.0. The summed E-state index contributed by atoms with van der Waals surface area (Å²) >= 11 is 0. The van der Waals surface area contributed by atoms with E-state index in [-0.39, 0.29) is 17.3 Å². The van der Waals surface area contributed by atoms with Crippen molar-refractivity contribution < 1.29 is 9.72 Å². The van der Waals surface area contributed by atoms with Crippen molar-refractivity contribution in [3.8, 4) is 0 Å². The minimum absolute atomic E-state index is 0.130. The highest BCUT2D eigenvalue weighted by molar-refractivity contribution is 6.00. The first-order valence-electron chi connectivity index (χ1n) is 6.28. The molecule has 0 spiro atoms. The molecule has 1 heterocycles. The van der Waals surface area contributed by atoms with E-state index in [1.807, 2.05) is 0 Å². The Kier molecular flexibility index (Phi) is 4.17. The topological polar surface area (TPSA) is 113 Å². The van der Waals surface area contributed by atoms with Gasteiger partial charge in [-0.3, -0.25) is 20.0 Å². The molecule has 0 saturated carbocycles. The smallest absolute Gasteiger partial charge is 0.270 e. The zero-order valence-corrected chi connectivity index (χ0v) is 11.6. The fourth-order valence-corrected chi connectivity index (χ4v) is 1.91. The number of nitrogens with one attached hydrogen (secondary N) is 3. The van der Waals surface area contributed by atoms with E-state index >= 15 is 0 Å². The van der Waals surface area contributed by atoms with Crippen molar-refractivity contribution >= 4 is 17.3 Å². The van der Waals surface area contributed by atoms with E-state index in [4.69, 9.17) is 0 Å². The second kappa shape index (κ2) is 6.04. The Morgan fingerprint density at radius 1 is 1.48 bits per heavy atom. The van der Waals surface area contributed by atoms with E-state index in [9.17, 15) is 14.9 Å². The molecule has 2 aromatic rings. The lowest BCUT2D eigenvalue weighted by atomic mass is 10.1. The number of rotatable bonds is 5. The average Bonchev–Trinajstić information content (AvgIpc) is 3.00. The van der Waals surface area contributed by atoms with Crippen LogP contribution in [0.15, 0.2) is 30.6 Å². The van der Waals surface area contributed by atoms with Crippen LogP contribution in [0, 0.1) is 10.1 Å². The molecule has 1 aromatic carbocycles. The first kappa shape index (κ1) is 14.5. The molecule has 0 aliphatic heterocycles. The number of anilines is 1.